The number of carbonyl (C=O) groups excluding carboxylic acids is 2. The fourth-order valence-electron chi connectivity index (χ4n) is 4.46. The number of hydrogen-bond acceptors (Lipinski definition) is 6. The van der Waals surface area contributed by atoms with Crippen LogP contribution in [0.15, 0.2) is 18.2 Å². The largest absolute Gasteiger partial charge is 0.465 e. The average molecular weight is 447 g/mol. The second-order valence-corrected chi connectivity index (χ2v) is 8.28. The van der Waals surface area contributed by atoms with Crippen molar-refractivity contribution in [2.45, 2.75) is 43.9 Å². The number of carbonyl (C=O) groups is 2. The second-order valence-electron chi connectivity index (χ2n) is 7.47. The number of halogens is 3. The van der Waals surface area contributed by atoms with E-state index in [0.29, 0.717) is 23.0 Å². The molecule has 2 aliphatic carbocycles. The molecule has 1 aromatic carbocycles. The third-order valence-corrected chi connectivity index (χ3v) is 6.61. The molecule has 0 radical (unpaired) electrons. The quantitative estimate of drug-likeness (QED) is 0.596. The summed E-state index contributed by atoms with van der Waals surface area (Å²) in [6, 6.07) is 4.83. The molecule has 1 unspecified atom stereocenters. The van der Waals surface area contributed by atoms with Crippen molar-refractivity contribution in [1.82, 2.24) is 5.32 Å². The number of rotatable bonds is 8. The average Bonchev–Trinajstić information content (AvgIpc) is 3.15. The number of benzene rings is 1. The van der Waals surface area contributed by atoms with E-state index >= 15 is 4.39 Å². The number of esters is 2. The highest BCUT2D eigenvalue weighted by Crippen LogP contribution is 2.67. The molecule has 2 fully saturated rings. The van der Waals surface area contributed by atoms with E-state index in [9.17, 15) is 9.59 Å². The first-order valence-corrected chi connectivity index (χ1v) is 10.5. The Morgan fingerprint density at radius 3 is 2.48 bits per heavy atom. The van der Waals surface area contributed by atoms with Crippen molar-refractivity contribution in [3.05, 3.63) is 33.8 Å². The first kappa shape index (κ1) is 22.3. The van der Waals surface area contributed by atoms with E-state index in [2.05, 4.69) is 5.32 Å². The van der Waals surface area contributed by atoms with Gasteiger partial charge in [-0.3, -0.25) is 0 Å². The lowest BCUT2D eigenvalue weighted by atomic mass is 9.85. The molecule has 9 heteroatoms. The number of nitrogens with one attached hydrogen (secondary N) is 1. The van der Waals surface area contributed by atoms with E-state index in [-0.39, 0.29) is 19.6 Å². The van der Waals surface area contributed by atoms with Gasteiger partial charge in [-0.25, -0.2) is 14.0 Å². The van der Waals surface area contributed by atoms with Crippen LogP contribution >= 0.6 is 23.2 Å². The maximum atomic E-state index is 15.3. The van der Waals surface area contributed by atoms with Gasteiger partial charge in [-0.2, -0.15) is 0 Å². The highest BCUT2D eigenvalue weighted by atomic mass is 35.5. The molecule has 3 N–H and O–H groups in total. The first-order chi connectivity index (χ1) is 13.7. The van der Waals surface area contributed by atoms with Gasteiger partial charge in [0, 0.05) is 17.9 Å². The first-order valence-electron chi connectivity index (χ1n) is 9.70. The Hall–Kier alpha value is -1.41. The lowest BCUT2D eigenvalue weighted by Crippen LogP contribution is -2.64. The fourth-order valence-corrected chi connectivity index (χ4v) is 4.78. The zero-order valence-corrected chi connectivity index (χ0v) is 17.9. The van der Waals surface area contributed by atoms with Crippen LogP contribution in [-0.2, 0) is 25.5 Å². The molecular weight excluding hydrogens is 422 g/mol. The molecule has 0 aliphatic heterocycles. The van der Waals surface area contributed by atoms with Crippen molar-refractivity contribution in [3.63, 3.8) is 0 Å². The molecule has 160 valence electrons. The summed E-state index contributed by atoms with van der Waals surface area (Å²) < 4.78 is 25.3. The highest BCUT2D eigenvalue weighted by Gasteiger charge is 2.85. The third-order valence-electron chi connectivity index (χ3n) is 5.87. The summed E-state index contributed by atoms with van der Waals surface area (Å²) in [5.74, 6) is -3.29. The van der Waals surface area contributed by atoms with E-state index in [1.54, 1.807) is 26.0 Å². The minimum Gasteiger partial charge on any atom is -0.465 e. The maximum absolute atomic E-state index is 15.3. The number of hydrogen-bond donors (Lipinski definition) is 2. The van der Waals surface area contributed by atoms with Crippen LogP contribution in [-0.4, -0.2) is 48.9 Å². The second kappa shape index (κ2) is 8.38. The van der Waals surface area contributed by atoms with Crippen LogP contribution in [0.5, 0.6) is 0 Å². The molecular formula is C20H25Cl2FN2O4. The molecule has 0 spiro atoms. The summed E-state index contributed by atoms with van der Waals surface area (Å²) in [6.07, 6.45) is 0.858. The summed E-state index contributed by atoms with van der Waals surface area (Å²) in [6.45, 7) is 3.92. The topological polar surface area (TPSA) is 90.6 Å². The van der Waals surface area contributed by atoms with Crippen LogP contribution in [0.25, 0.3) is 0 Å². The van der Waals surface area contributed by atoms with E-state index in [1.807, 2.05) is 6.07 Å². The van der Waals surface area contributed by atoms with Crippen molar-refractivity contribution in [3.8, 4) is 0 Å². The van der Waals surface area contributed by atoms with Gasteiger partial charge in [-0.05, 0) is 50.9 Å². The molecule has 3 rings (SSSR count). The molecule has 2 saturated carbocycles. The lowest BCUT2D eigenvalue weighted by Gasteiger charge is -2.34. The molecule has 0 bridgehead atoms. The van der Waals surface area contributed by atoms with E-state index < -0.39 is 41.0 Å². The number of nitrogens with two attached hydrogens (primary N) is 1. The van der Waals surface area contributed by atoms with Crippen LogP contribution in [0.3, 0.4) is 0 Å². The van der Waals surface area contributed by atoms with Crippen LogP contribution in [0, 0.1) is 11.8 Å². The third kappa shape index (κ3) is 3.74. The standard InChI is InChI=1S/C20H25Cl2FN2O4/c1-3-28-17(26)19(23)12-10-15(20(24,16(12)19)18(27)29-4-2)25-8-7-11-5-6-13(21)14(22)9-11/h5-6,9,12,15-16,25H,3-4,7-8,10,24H2,1-2H3/t12?,15-,16+,19-,20+/m1/s1. The van der Waals surface area contributed by atoms with Gasteiger partial charge in [-0.15, -0.1) is 0 Å². The van der Waals surface area contributed by atoms with Crippen molar-refractivity contribution in [2.24, 2.45) is 17.6 Å². The predicted molar refractivity (Wildman–Crippen MR) is 108 cm³/mol. The summed E-state index contributed by atoms with van der Waals surface area (Å²) in [5.41, 5.74) is 3.51. The maximum Gasteiger partial charge on any atom is 0.344 e. The Labute approximate surface area is 179 Å². The summed E-state index contributed by atoms with van der Waals surface area (Å²) in [4.78, 5) is 24.8. The van der Waals surface area contributed by atoms with Crippen LogP contribution in [0.4, 0.5) is 4.39 Å². The smallest absolute Gasteiger partial charge is 0.344 e. The number of ether oxygens (including phenoxy) is 2. The highest BCUT2D eigenvalue weighted by molar-refractivity contribution is 6.42. The zero-order chi connectivity index (χ0) is 21.4. The Balaban J connectivity index is 1.71. The van der Waals surface area contributed by atoms with Crippen LogP contribution < -0.4 is 11.1 Å². The van der Waals surface area contributed by atoms with Crippen LogP contribution in [0.2, 0.25) is 10.0 Å². The van der Waals surface area contributed by atoms with Gasteiger partial charge < -0.3 is 20.5 Å². The molecule has 0 heterocycles. The predicted octanol–water partition coefficient (Wildman–Crippen LogP) is 2.68. The SMILES string of the molecule is CCOC(=O)[C@@]1(N)[C@H]2C(C[C@H]1NCCc1ccc(Cl)c(Cl)c1)[C@]2(F)C(=O)OCC. The normalized spacial score (nSPS) is 32.6. The Morgan fingerprint density at radius 2 is 1.86 bits per heavy atom. The van der Waals surface area contributed by atoms with Crippen molar-refractivity contribution < 1.29 is 23.5 Å². The van der Waals surface area contributed by atoms with Gasteiger partial charge >= 0.3 is 11.9 Å². The van der Waals surface area contributed by atoms with Crippen molar-refractivity contribution in [2.75, 3.05) is 19.8 Å². The van der Waals surface area contributed by atoms with Crippen molar-refractivity contribution >= 4 is 35.1 Å². The summed E-state index contributed by atoms with van der Waals surface area (Å²) in [7, 11) is 0. The molecule has 0 saturated heterocycles. The molecule has 29 heavy (non-hydrogen) atoms. The fraction of sp³-hybridized carbons (Fsp3) is 0.600. The molecule has 6 nitrogen and oxygen atoms in total. The number of alkyl halides is 1. The van der Waals surface area contributed by atoms with E-state index in [1.165, 1.54) is 0 Å². The number of fused-ring (bicyclic) bond motifs is 1. The van der Waals surface area contributed by atoms with Gasteiger partial charge in [0.2, 0.25) is 5.67 Å². The Bertz CT molecular complexity index is 811. The van der Waals surface area contributed by atoms with Gasteiger partial charge in [0.25, 0.3) is 0 Å². The van der Waals surface area contributed by atoms with Crippen molar-refractivity contribution in [1.29, 1.82) is 0 Å². The molecule has 1 aromatic rings. The molecule has 2 aliphatic rings. The van der Waals surface area contributed by atoms with E-state index in [4.69, 9.17) is 38.4 Å². The van der Waals surface area contributed by atoms with Gasteiger partial charge in [0.1, 0.15) is 5.54 Å². The van der Waals surface area contributed by atoms with Gasteiger partial charge in [-0.1, -0.05) is 29.3 Å². The Kier molecular flexibility index (Phi) is 6.44. The zero-order valence-electron chi connectivity index (χ0n) is 16.3. The monoisotopic (exact) mass is 446 g/mol. The van der Waals surface area contributed by atoms with Gasteiger partial charge in [0.15, 0.2) is 0 Å². The molecule has 5 atom stereocenters. The van der Waals surface area contributed by atoms with Gasteiger partial charge in [0.05, 0.1) is 23.3 Å². The lowest BCUT2D eigenvalue weighted by molar-refractivity contribution is -0.157. The summed E-state index contributed by atoms with van der Waals surface area (Å²) in [5, 5.41) is 4.18. The van der Waals surface area contributed by atoms with E-state index in [0.717, 1.165) is 5.56 Å². The Morgan fingerprint density at radius 1 is 1.21 bits per heavy atom. The molecule has 0 amide bonds. The minimum atomic E-state index is -2.24. The minimum absolute atomic E-state index is 0.0618. The molecule has 0 aromatic heterocycles. The van der Waals surface area contributed by atoms with Crippen LogP contribution in [0.1, 0.15) is 25.8 Å². The summed E-state index contributed by atoms with van der Waals surface area (Å²) >= 11 is 12.0.